The van der Waals surface area contributed by atoms with Gasteiger partial charge in [0.2, 0.25) is 0 Å². The molecule has 0 aromatic heterocycles. The van der Waals surface area contributed by atoms with Crippen molar-refractivity contribution in [1.29, 1.82) is 0 Å². The van der Waals surface area contributed by atoms with Gasteiger partial charge in [0, 0.05) is 22.3 Å². The zero-order chi connectivity index (χ0) is 18.8. The van der Waals surface area contributed by atoms with E-state index in [1.54, 1.807) is 13.0 Å². The summed E-state index contributed by atoms with van der Waals surface area (Å²) < 4.78 is 35.1. The lowest BCUT2D eigenvalue weighted by Gasteiger charge is -2.34. The largest absolute Gasteiger partial charge is 0.494 e. The molecule has 0 unspecified atom stereocenters. The molecule has 0 N–H and O–H groups in total. The van der Waals surface area contributed by atoms with Crippen LogP contribution in [0, 0.1) is 5.41 Å². The Bertz CT molecular complexity index is 673. The third-order valence-electron chi connectivity index (χ3n) is 3.61. The third-order valence-corrected chi connectivity index (χ3v) is 4.95. The highest BCUT2D eigenvalue weighted by Crippen LogP contribution is 2.44. The van der Waals surface area contributed by atoms with Crippen molar-refractivity contribution in [3.63, 3.8) is 0 Å². The Labute approximate surface area is 150 Å². The van der Waals surface area contributed by atoms with Crippen molar-refractivity contribution in [3.8, 4) is 11.5 Å². The number of benzene rings is 1. The summed E-state index contributed by atoms with van der Waals surface area (Å²) in [6.07, 6.45) is 0.901. The molecule has 138 valence electrons. The number of halogens is 1. The van der Waals surface area contributed by atoms with Crippen molar-refractivity contribution in [2.45, 2.75) is 65.2 Å². The highest BCUT2D eigenvalue weighted by molar-refractivity contribution is 8.13. The van der Waals surface area contributed by atoms with Gasteiger partial charge in [0.05, 0.1) is 13.2 Å². The van der Waals surface area contributed by atoms with E-state index in [2.05, 4.69) is 34.6 Å². The predicted octanol–water partition coefficient (Wildman–Crippen LogP) is 5.13. The van der Waals surface area contributed by atoms with Gasteiger partial charge in [-0.3, -0.25) is 0 Å². The highest BCUT2D eigenvalue weighted by atomic mass is 35.7. The van der Waals surface area contributed by atoms with Crippen LogP contribution in [0.3, 0.4) is 0 Å². The van der Waals surface area contributed by atoms with Crippen LogP contribution in [0.15, 0.2) is 17.0 Å². The number of rotatable bonds is 7. The zero-order valence-corrected chi connectivity index (χ0v) is 17.3. The summed E-state index contributed by atoms with van der Waals surface area (Å²) >= 11 is 0. The maximum atomic E-state index is 11.9. The first kappa shape index (κ1) is 21.1. The van der Waals surface area contributed by atoms with Crippen molar-refractivity contribution in [1.82, 2.24) is 0 Å². The molecule has 0 saturated carbocycles. The molecule has 0 amide bonds. The van der Waals surface area contributed by atoms with E-state index in [9.17, 15) is 8.42 Å². The molecule has 0 radical (unpaired) electrons. The van der Waals surface area contributed by atoms with E-state index in [0.717, 1.165) is 12.0 Å². The Kier molecular flexibility index (Phi) is 6.62. The summed E-state index contributed by atoms with van der Waals surface area (Å²) in [4.78, 5) is -0.0511. The molecule has 0 spiro atoms. The van der Waals surface area contributed by atoms with E-state index >= 15 is 0 Å². The van der Waals surface area contributed by atoms with Gasteiger partial charge in [-0.15, -0.1) is 0 Å². The topological polar surface area (TPSA) is 52.6 Å². The molecule has 0 bridgehead atoms. The van der Waals surface area contributed by atoms with Crippen LogP contribution in [0.2, 0.25) is 0 Å². The number of hydrogen-bond donors (Lipinski definition) is 0. The maximum Gasteiger partial charge on any atom is 0.265 e. The quantitative estimate of drug-likeness (QED) is 0.619. The summed E-state index contributed by atoms with van der Waals surface area (Å²) in [5, 5.41) is 0. The van der Waals surface area contributed by atoms with E-state index in [0.29, 0.717) is 19.0 Å². The fraction of sp³-hybridized carbons (Fsp3) is 0.667. The molecule has 0 atom stereocenters. The van der Waals surface area contributed by atoms with Crippen molar-refractivity contribution < 1.29 is 17.9 Å². The molecule has 0 aliphatic heterocycles. The van der Waals surface area contributed by atoms with E-state index in [4.69, 9.17) is 20.2 Å². The van der Waals surface area contributed by atoms with Gasteiger partial charge in [-0.25, -0.2) is 8.42 Å². The lowest BCUT2D eigenvalue weighted by atomic mass is 9.72. The molecular weight excluding hydrogens is 348 g/mol. The van der Waals surface area contributed by atoms with Crippen LogP contribution >= 0.6 is 10.7 Å². The molecule has 6 heteroatoms. The molecule has 0 fully saturated rings. The second-order valence-corrected chi connectivity index (χ2v) is 10.3. The predicted molar refractivity (Wildman–Crippen MR) is 98.9 cm³/mol. The van der Waals surface area contributed by atoms with Crippen LogP contribution in [0.5, 0.6) is 11.5 Å². The van der Waals surface area contributed by atoms with Gasteiger partial charge >= 0.3 is 0 Å². The van der Waals surface area contributed by atoms with Gasteiger partial charge in [0.25, 0.3) is 9.05 Å². The number of ether oxygens (including phenoxy) is 2. The van der Waals surface area contributed by atoms with Crippen LogP contribution in [-0.4, -0.2) is 21.6 Å². The lowest BCUT2D eigenvalue weighted by molar-refractivity contribution is 0.267. The van der Waals surface area contributed by atoms with Gasteiger partial charge in [0.1, 0.15) is 16.4 Å². The van der Waals surface area contributed by atoms with Crippen LogP contribution in [0.25, 0.3) is 0 Å². The monoisotopic (exact) mass is 376 g/mol. The Balaban J connectivity index is 3.61. The van der Waals surface area contributed by atoms with Gasteiger partial charge in [-0.05, 0) is 37.2 Å². The molecule has 0 aliphatic rings. The second-order valence-electron chi connectivity index (χ2n) is 7.72. The van der Waals surface area contributed by atoms with Gasteiger partial charge in [0.15, 0.2) is 0 Å². The van der Waals surface area contributed by atoms with E-state index in [1.807, 2.05) is 6.92 Å². The average Bonchev–Trinajstić information content (AvgIpc) is 2.36. The van der Waals surface area contributed by atoms with E-state index in [-0.39, 0.29) is 21.5 Å². The standard InChI is InChI=1S/C18H29ClO4S/c1-8-22-14-11-16(24(19,20)21)15(23-9-2)10-13(14)18(6,7)12-17(3,4)5/h10-11H,8-9,12H2,1-7H3. The molecule has 0 saturated heterocycles. The zero-order valence-electron chi connectivity index (χ0n) is 15.7. The first-order valence-corrected chi connectivity index (χ1v) is 10.5. The average molecular weight is 377 g/mol. The van der Waals surface area contributed by atoms with Crippen molar-refractivity contribution >= 4 is 19.7 Å². The molecular formula is C18H29ClO4S. The van der Waals surface area contributed by atoms with Crippen molar-refractivity contribution in [2.24, 2.45) is 5.41 Å². The van der Waals surface area contributed by atoms with E-state index < -0.39 is 9.05 Å². The third kappa shape index (κ3) is 5.55. The minimum atomic E-state index is -3.93. The van der Waals surface area contributed by atoms with Gasteiger partial charge in [-0.2, -0.15) is 0 Å². The Morgan fingerprint density at radius 3 is 1.88 bits per heavy atom. The molecule has 4 nitrogen and oxygen atoms in total. The first-order valence-electron chi connectivity index (χ1n) is 8.20. The minimum absolute atomic E-state index is 0.0511. The van der Waals surface area contributed by atoms with E-state index in [1.165, 1.54) is 6.07 Å². The van der Waals surface area contributed by atoms with Crippen LogP contribution in [0.4, 0.5) is 0 Å². The maximum absolute atomic E-state index is 11.9. The molecule has 0 heterocycles. The molecule has 1 aromatic carbocycles. The summed E-state index contributed by atoms with van der Waals surface area (Å²) in [6, 6.07) is 3.24. The second kappa shape index (κ2) is 7.52. The molecule has 1 rings (SSSR count). The summed E-state index contributed by atoms with van der Waals surface area (Å²) in [5.41, 5.74) is 0.811. The first-order chi connectivity index (χ1) is 10.8. The van der Waals surface area contributed by atoms with Crippen molar-refractivity contribution in [3.05, 3.63) is 17.7 Å². The molecule has 1 aromatic rings. The lowest BCUT2D eigenvalue weighted by Crippen LogP contribution is -2.26. The normalized spacial score (nSPS) is 13.0. The highest BCUT2D eigenvalue weighted by Gasteiger charge is 2.32. The summed E-state index contributed by atoms with van der Waals surface area (Å²) in [6.45, 7) is 15.2. The SMILES string of the molecule is CCOc1cc(S(=O)(=O)Cl)c(OCC)cc1C(C)(C)CC(C)(C)C. The fourth-order valence-electron chi connectivity index (χ4n) is 3.22. The van der Waals surface area contributed by atoms with Crippen LogP contribution < -0.4 is 9.47 Å². The number of hydrogen-bond acceptors (Lipinski definition) is 4. The smallest absolute Gasteiger partial charge is 0.265 e. The molecule has 24 heavy (non-hydrogen) atoms. The Hall–Kier alpha value is -0.940. The Morgan fingerprint density at radius 1 is 0.958 bits per heavy atom. The summed E-state index contributed by atoms with van der Waals surface area (Å²) in [5.74, 6) is 0.808. The Morgan fingerprint density at radius 2 is 1.46 bits per heavy atom. The van der Waals surface area contributed by atoms with Crippen LogP contribution in [-0.2, 0) is 14.5 Å². The fourth-order valence-corrected chi connectivity index (χ4v) is 4.19. The summed E-state index contributed by atoms with van der Waals surface area (Å²) in [7, 11) is 1.65. The van der Waals surface area contributed by atoms with Gasteiger partial charge < -0.3 is 9.47 Å². The van der Waals surface area contributed by atoms with Crippen LogP contribution in [0.1, 0.15) is 60.5 Å². The van der Waals surface area contributed by atoms with Crippen molar-refractivity contribution in [2.75, 3.05) is 13.2 Å². The molecule has 0 aliphatic carbocycles. The van der Waals surface area contributed by atoms with Gasteiger partial charge in [-0.1, -0.05) is 34.6 Å². The minimum Gasteiger partial charge on any atom is -0.494 e.